The standard InChI is InChI=1S/C10H14O2/c1-9(7-8-11)12-10-5-3-2-4-6-10/h2-6,9,11H,7-8H2,1H3. The molecule has 0 amide bonds. The highest BCUT2D eigenvalue weighted by atomic mass is 16.5. The van der Waals surface area contributed by atoms with Gasteiger partial charge in [-0.1, -0.05) is 18.2 Å². The van der Waals surface area contributed by atoms with Crippen molar-refractivity contribution in [2.75, 3.05) is 6.61 Å². The molecule has 0 bridgehead atoms. The lowest BCUT2D eigenvalue weighted by Crippen LogP contribution is -2.13. The van der Waals surface area contributed by atoms with E-state index in [0.717, 1.165) is 5.75 Å². The van der Waals surface area contributed by atoms with Crippen molar-refractivity contribution in [3.8, 4) is 5.75 Å². The third kappa shape index (κ3) is 2.93. The second-order valence-electron chi connectivity index (χ2n) is 2.75. The summed E-state index contributed by atoms with van der Waals surface area (Å²) < 4.78 is 5.49. The average Bonchev–Trinajstić information content (AvgIpc) is 2.06. The molecule has 0 aliphatic heterocycles. The first-order valence-electron chi connectivity index (χ1n) is 4.15. The van der Waals surface area contributed by atoms with Gasteiger partial charge in [-0.3, -0.25) is 0 Å². The number of aliphatic hydroxyl groups is 1. The fraction of sp³-hybridized carbons (Fsp3) is 0.400. The van der Waals surface area contributed by atoms with Gasteiger partial charge in [0.2, 0.25) is 0 Å². The van der Waals surface area contributed by atoms with Crippen molar-refractivity contribution in [1.82, 2.24) is 0 Å². The fourth-order valence-corrected chi connectivity index (χ4v) is 0.972. The van der Waals surface area contributed by atoms with E-state index in [-0.39, 0.29) is 12.7 Å². The first-order chi connectivity index (χ1) is 5.83. The van der Waals surface area contributed by atoms with Gasteiger partial charge in [-0.15, -0.1) is 0 Å². The number of ether oxygens (including phenoxy) is 1. The van der Waals surface area contributed by atoms with Crippen LogP contribution in [-0.2, 0) is 0 Å². The Morgan fingerprint density at radius 3 is 2.58 bits per heavy atom. The van der Waals surface area contributed by atoms with Crippen molar-refractivity contribution >= 4 is 0 Å². The summed E-state index contributed by atoms with van der Waals surface area (Å²) >= 11 is 0. The second-order valence-corrected chi connectivity index (χ2v) is 2.75. The molecule has 0 aromatic heterocycles. The van der Waals surface area contributed by atoms with Crippen molar-refractivity contribution in [2.24, 2.45) is 0 Å². The molecule has 12 heavy (non-hydrogen) atoms. The SMILES string of the molecule is CC(CCO)Oc1ccccc1. The largest absolute Gasteiger partial charge is 0.491 e. The highest BCUT2D eigenvalue weighted by Gasteiger charge is 2.01. The van der Waals surface area contributed by atoms with Crippen LogP contribution in [0.15, 0.2) is 30.3 Å². The van der Waals surface area contributed by atoms with E-state index in [1.54, 1.807) is 0 Å². The first-order valence-corrected chi connectivity index (χ1v) is 4.15. The normalized spacial score (nSPS) is 12.5. The van der Waals surface area contributed by atoms with Crippen molar-refractivity contribution in [3.63, 3.8) is 0 Å². The van der Waals surface area contributed by atoms with E-state index in [4.69, 9.17) is 9.84 Å². The molecule has 0 radical (unpaired) electrons. The predicted octanol–water partition coefficient (Wildman–Crippen LogP) is 1.84. The molecule has 1 aromatic rings. The Balaban J connectivity index is 2.41. The Hall–Kier alpha value is -1.02. The van der Waals surface area contributed by atoms with Gasteiger partial charge in [-0.25, -0.2) is 0 Å². The van der Waals surface area contributed by atoms with Gasteiger partial charge < -0.3 is 9.84 Å². The Labute approximate surface area is 72.8 Å². The third-order valence-electron chi connectivity index (χ3n) is 1.62. The van der Waals surface area contributed by atoms with Crippen LogP contribution in [0, 0.1) is 0 Å². The van der Waals surface area contributed by atoms with Crippen molar-refractivity contribution in [2.45, 2.75) is 19.4 Å². The molecule has 0 aliphatic carbocycles. The molecular weight excluding hydrogens is 152 g/mol. The summed E-state index contributed by atoms with van der Waals surface area (Å²) in [5.41, 5.74) is 0. The molecule has 0 fully saturated rings. The zero-order valence-corrected chi connectivity index (χ0v) is 7.23. The Morgan fingerprint density at radius 1 is 1.33 bits per heavy atom. The quantitative estimate of drug-likeness (QED) is 0.739. The van der Waals surface area contributed by atoms with E-state index in [9.17, 15) is 0 Å². The van der Waals surface area contributed by atoms with E-state index in [1.165, 1.54) is 0 Å². The summed E-state index contributed by atoms with van der Waals surface area (Å²) in [6.07, 6.45) is 0.756. The van der Waals surface area contributed by atoms with E-state index >= 15 is 0 Å². The summed E-state index contributed by atoms with van der Waals surface area (Å²) in [4.78, 5) is 0. The number of hydrogen-bond acceptors (Lipinski definition) is 2. The summed E-state index contributed by atoms with van der Waals surface area (Å²) in [6, 6.07) is 9.63. The minimum Gasteiger partial charge on any atom is -0.491 e. The minimum atomic E-state index is 0.0809. The van der Waals surface area contributed by atoms with Crippen LogP contribution in [0.3, 0.4) is 0 Å². The monoisotopic (exact) mass is 166 g/mol. The highest BCUT2D eigenvalue weighted by Crippen LogP contribution is 2.11. The fourth-order valence-electron chi connectivity index (χ4n) is 0.972. The third-order valence-corrected chi connectivity index (χ3v) is 1.62. The molecule has 1 aromatic carbocycles. The van der Waals surface area contributed by atoms with Crippen molar-refractivity contribution in [3.05, 3.63) is 30.3 Å². The van der Waals surface area contributed by atoms with Gasteiger partial charge in [0.25, 0.3) is 0 Å². The smallest absolute Gasteiger partial charge is 0.119 e. The van der Waals surface area contributed by atoms with Crippen LogP contribution in [0.5, 0.6) is 5.75 Å². The Kier molecular flexibility index (Phi) is 3.61. The van der Waals surface area contributed by atoms with E-state index in [2.05, 4.69) is 0 Å². The van der Waals surface area contributed by atoms with Crippen LogP contribution in [0.2, 0.25) is 0 Å². The lowest BCUT2D eigenvalue weighted by atomic mass is 10.3. The zero-order chi connectivity index (χ0) is 8.81. The molecule has 0 heterocycles. The first kappa shape index (κ1) is 9.07. The molecule has 66 valence electrons. The maximum atomic E-state index is 8.63. The van der Waals surface area contributed by atoms with E-state index in [1.807, 2.05) is 37.3 Å². The molecule has 1 N–H and O–H groups in total. The predicted molar refractivity (Wildman–Crippen MR) is 48.2 cm³/mol. The van der Waals surface area contributed by atoms with Crippen LogP contribution in [0.25, 0.3) is 0 Å². The number of para-hydroxylation sites is 1. The molecule has 0 saturated carbocycles. The lowest BCUT2D eigenvalue weighted by Gasteiger charge is -2.12. The molecular formula is C10H14O2. The van der Waals surface area contributed by atoms with Crippen molar-refractivity contribution < 1.29 is 9.84 Å². The Bertz CT molecular complexity index is 208. The molecule has 1 rings (SSSR count). The molecule has 0 saturated heterocycles. The summed E-state index contributed by atoms with van der Waals surface area (Å²) in [5.74, 6) is 0.860. The van der Waals surface area contributed by atoms with Gasteiger partial charge >= 0.3 is 0 Å². The number of aliphatic hydroxyl groups excluding tert-OH is 1. The molecule has 1 unspecified atom stereocenters. The molecule has 2 heteroatoms. The van der Waals surface area contributed by atoms with Gasteiger partial charge in [0.1, 0.15) is 5.75 Å². The van der Waals surface area contributed by atoms with Crippen LogP contribution < -0.4 is 4.74 Å². The number of rotatable bonds is 4. The van der Waals surface area contributed by atoms with Gasteiger partial charge in [-0.05, 0) is 19.1 Å². The van der Waals surface area contributed by atoms with Crippen molar-refractivity contribution in [1.29, 1.82) is 0 Å². The lowest BCUT2D eigenvalue weighted by molar-refractivity contribution is 0.169. The van der Waals surface area contributed by atoms with Crippen LogP contribution in [0.4, 0.5) is 0 Å². The molecule has 2 nitrogen and oxygen atoms in total. The maximum Gasteiger partial charge on any atom is 0.119 e. The van der Waals surface area contributed by atoms with Gasteiger partial charge in [0.05, 0.1) is 6.10 Å². The average molecular weight is 166 g/mol. The van der Waals surface area contributed by atoms with Gasteiger partial charge in [0, 0.05) is 13.0 Å². The second kappa shape index (κ2) is 4.78. The molecule has 1 atom stereocenters. The summed E-state index contributed by atoms with van der Waals surface area (Å²) in [7, 11) is 0. The molecule has 0 aliphatic rings. The highest BCUT2D eigenvalue weighted by molar-refractivity contribution is 5.21. The zero-order valence-electron chi connectivity index (χ0n) is 7.23. The maximum absolute atomic E-state index is 8.63. The minimum absolute atomic E-state index is 0.0809. The topological polar surface area (TPSA) is 29.5 Å². The van der Waals surface area contributed by atoms with Gasteiger partial charge in [0.15, 0.2) is 0 Å². The number of hydrogen-bond donors (Lipinski definition) is 1. The van der Waals surface area contributed by atoms with E-state index in [0.29, 0.717) is 6.42 Å². The molecule has 0 spiro atoms. The number of benzene rings is 1. The Morgan fingerprint density at radius 2 is 2.00 bits per heavy atom. The van der Waals surface area contributed by atoms with Crippen LogP contribution >= 0.6 is 0 Å². The van der Waals surface area contributed by atoms with Crippen LogP contribution in [0.1, 0.15) is 13.3 Å². The van der Waals surface area contributed by atoms with Gasteiger partial charge in [-0.2, -0.15) is 0 Å². The summed E-state index contributed by atoms with van der Waals surface area (Å²) in [5, 5.41) is 8.63. The summed E-state index contributed by atoms with van der Waals surface area (Å²) in [6.45, 7) is 2.12. The van der Waals surface area contributed by atoms with E-state index < -0.39 is 0 Å². The van der Waals surface area contributed by atoms with Crippen LogP contribution in [-0.4, -0.2) is 17.8 Å².